The third-order valence-electron chi connectivity index (χ3n) is 7.01. The van der Waals surface area contributed by atoms with Crippen LogP contribution >= 0.6 is 34.7 Å². The Bertz CT molecular complexity index is 1650. The predicted octanol–water partition coefficient (Wildman–Crippen LogP) is 5.48. The molecule has 0 aliphatic carbocycles. The number of halogens is 1. The molecule has 4 aromatic rings. The SMILES string of the molecule is COc1ccc(N2C(=O)C3Sc4[nH]c(=O)sc4[C@H](c4ccc(OCc5ccc(Cl)cc5)c(OC)c4)C3C2=O)cc1. The predicted molar refractivity (Wildman–Crippen MR) is 154 cm³/mol. The zero-order valence-corrected chi connectivity index (χ0v) is 23.8. The van der Waals surface area contributed by atoms with Crippen LogP contribution in [0.1, 0.15) is 21.9 Å². The Balaban J connectivity index is 1.36. The number of hydrogen-bond donors (Lipinski definition) is 1. The lowest BCUT2D eigenvalue weighted by Gasteiger charge is -2.30. The van der Waals surface area contributed by atoms with E-state index in [0.717, 1.165) is 27.3 Å². The largest absolute Gasteiger partial charge is 0.497 e. The number of nitrogens with one attached hydrogen (secondary N) is 1. The molecule has 1 saturated heterocycles. The molecule has 0 bridgehead atoms. The maximum absolute atomic E-state index is 13.9. The summed E-state index contributed by atoms with van der Waals surface area (Å²) in [7, 11) is 3.10. The van der Waals surface area contributed by atoms with Crippen molar-refractivity contribution in [1.29, 1.82) is 0 Å². The fourth-order valence-electron chi connectivity index (χ4n) is 5.10. The highest BCUT2D eigenvalue weighted by molar-refractivity contribution is 8.00. The molecule has 2 amide bonds. The van der Waals surface area contributed by atoms with E-state index in [-0.39, 0.29) is 16.7 Å². The van der Waals surface area contributed by atoms with Gasteiger partial charge in [-0.15, -0.1) is 0 Å². The molecule has 1 fully saturated rings. The minimum absolute atomic E-state index is 0.232. The van der Waals surface area contributed by atoms with Crippen molar-refractivity contribution in [2.24, 2.45) is 5.92 Å². The number of imide groups is 1. The molecule has 1 N–H and O–H groups in total. The maximum atomic E-state index is 13.9. The number of methoxy groups -OCH3 is 2. The summed E-state index contributed by atoms with van der Waals surface area (Å²) in [5, 5.41) is 0.566. The van der Waals surface area contributed by atoms with E-state index in [1.807, 2.05) is 24.3 Å². The Morgan fingerprint density at radius 2 is 1.65 bits per heavy atom. The van der Waals surface area contributed by atoms with Crippen molar-refractivity contribution in [3.8, 4) is 17.2 Å². The van der Waals surface area contributed by atoms with E-state index in [1.165, 1.54) is 16.7 Å². The van der Waals surface area contributed by atoms with E-state index >= 15 is 0 Å². The van der Waals surface area contributed by atoms with E-state index in [2.05, 4.69) is 4.98 Å². The van der Waals surface area contributed by atoms with Crippen LogP contribution < -0.4 is 24.0 Å². The first-order valence-electron chi connectivity index (χ1n) is 12.3. The van der Waals surface area contributed by atoms with Crippen molar-refractivity contribution in [2.75, 3.05) is 19.1 Å². The average Bonchev–Trinajstić information content (AvgIpc) is 3.46. The number of hydrogen-bond acceptors (Lipinski definition) is 8. The number of aromatic nitrogens is 1. The van der Waals surface area contributed by atoms with Crippen molar-refractivity contribution < 1.29 is 23.8 Å². The van der Waals surface area contributed by atoms with Crippen molar-refractivity contribution >= 4 is 52.2 Å². The average molecular weight is 595 g/mol. The third-order valence-corrected chi connectivity index (χ3v) is 9.66. The fourth-order valence-corrected chi connectivity index (χ4v) is 7.74. The van der Waals surface area contributed by atoms with Crippen LogP contribution in [0.2, 0.25) is 5.02 Å². The summed E-state index contributed by atoms with van der Waals surface area (Å²) in [6.07, 6.45) is 0. The summed E-state index contributed by atoms with van der Waals surface area (Å²) in [5.41, 5.74) is 2.17. The molecule has 2 unspecified atom stereocenters. The van der Waals surface area contributed by atoms with E-state index in [1.54, 1.807) is 56.7 Å². The highest BCUT2D eigenvalue weighted by Gasteiger charge is 2.56. The molecule has 3 atom stereocenters. The number of benzene rings is 3. The molecule has 0 spiro atoms. The van der Waals surface area contributed by atoms with Crippen LogP contribution in [-0.2, 0) is 16.2 Å². The number of carbonyl (C=O) groups excluding carboxylic acids is 2. The normalized spacial score (nSPS) is 19.8. The summed E-state index contributed by atoms with van der Waals surface area (Å²) in [4.78, 5) is 44.5. The Morgan fingerprint density at radius 3 is 2.35 bits per heavy atom. The fraction of sp³-hybridized carbons (Fsp3) is 0.207. The van der Waals surface area contributed by atoms with Crippen LogP contribution in [0.15, 0.2) is 76.6 Å². The molecule has 2 aliphatic heterocycles. The zero-order valence-electron chi connectivity index (χ0n) is 21.4. The second-order valence-electron chi connectivity index (χ2n) is 9.29. The van der Waals surface area contributed by atoms with Gasteiger partial charge in [0.05, 0.1) is 30.9 Å². The smallest absolute Gasteiger partial charge is 0.305 e. The molecule has 8 nitrogen and oxygen atoms in total. The van der Waals surface area contributed by atoms with Crippen molar-refractivity contribution in [3.63, 3.8) is 0 Å². The molecule has 3 heterocycles. The van der Waals surface area contributed by atoms with Crippen LogP contribution in [0.5, 0.6) is 17.2 Å². The second kappa shape index (κ2) is 10.7. The van der Waals surface area contributed by atoms with Gasteiger partial charge in [0.15, 0.2) is 11.5 Å². The van der Waals surface area contributed by atoms with Gasteiger partial charge in [0, 0.05) is 15.8 Å². The van der Waals surface area contributed by atoms with Gasteiger partial charge >= 0.3 is 4.87 Å². The first-order valence-corrected chi connectivity index (χ1v) is 14.4. The van der Waals surface area contributed by atoms with Gasteiger partial charge in [0.1, 0.15) is 17.6 Å². The second-order valence-corrected chi connectivity index (χ2v) is 11.9. The van der Waals surface area contributed by atoms with Crippen LogP contribution in [0.4, 0.5) is 5.69 Å². The monoisotopic (exact) mass is 594 g/mol. The molecule has 1 aromatic heterocycles. The van der Waals surface area contributed by atoms with Gasteiger partial charge in [-0.3, -0.25) is 14.4 Å². The molecule has 2 aliphatic rings. The van der Waals surface area contributed by atoms with Crippen LogP contribution in [0.25, 0.3) is 0 Å². The number of rotatable bonds is 7. The minimum atomic E-state index is -0.705. The molecule has 204 valence electrons. The molecule has 0 radical (unpaired) electrons. The minimum Gasteiger partial charge on any atom is -0.497 e. The summed E-state index contributed by atoms with van der Waals surface area (Å²) < 4.78 is 16.9. The summed E-state index contributed by atoms with van der Waals surface area (Å²) in [6, 6.07) is 19.6. The van der Waals surface area contributed by atoms with Gasteiger partial charge in [-0.25, -0.2) is 4.90 Å². The summed E-state index contributed by atoms with van der Waals surface area (Å²) >= 11 is 8.28. The molecule has 3 aromatic carbocycles. The van der Waals surface area contributed by atoms with Gasteiger partial charge in [0.25, 0.3) is 0 Å². The molecule has 40 heavy (non-hydrogen) atoms. The van der Waals surface area contributed by atoms with Crippen molar-refractivity contribution in [2.45, 2.75) is 22.8 Å². The number of anilines is 1. The van der Waals surface area contributed by atoms with E-state index < -0.39 is 17.1 Å². The Morgan fingerprint density at radius 1 is 0.900 bits per heavy atom. The van der Waals surface area contributed by atoms with E-state index in [9.17, 15) is 14.4 Å². The number of aromatic amines is 1. The number of thioether (sulfide) groups is 1. The molecule has 0 saturated carbocycles. The summed E-state index contributed by atoms with van der Waals surface area (Å²) in [6.45, 7) is 0.311. The highest BCUT2D eigenvalue weighted by Crippen LogP contribution is 2.53. The summed E-state index contributed by atoms with van der Waals surface area (Å²) in [5.74, 6) is -0.228. The third kappa shape index (κ3) is 4.66. The number of fused-ring (bicyclic) bond motifs is 2. The number of ether oxygens (including phenoxy) is 3. The molecular formula is C29H23ClN2O6S2. The molecular weight excluding hydrogens is 572 g/mol. The van der Waals surface area contributed by atoms with Gasteiger partial charge in [-0.05, 0) is 59.7 Å². The van der Waals surface area contributed by atoms with E-state index in [4.69, 9.17) is 25.8 Å². The van der Waals surface area contributed by atoms with Gasteiger partial charge in [-0.1, -0.05) is 52.9 Å². The standard InChI is InChI=1S/C29H23ClN2O6S2/c1-36-19-10-8-18(9-11-19)32-27(33)23-22(24-26(31-29(35)40-24)39-25(23)28(32)34)16-5-12-20(21(13-16)37-2)38-14-15-3-6-17(30)7-4-15/h3-13,22-23,25H,14H2,1-2H3,(H,31,35)/t22-,23?,25?/m1/s1. The van der Waals surface area contributed by atoms with Gasteiger partial charge in [0.2, 0.25) is 11.8 Å². The Hall–Kier alpha value is -3.73. The van der Waals surface area contributed by atoms with Crippen LogP contribution in [0, 0.1) is 5.92 Å². The number of amides is 2. The first-order chi connectivity index (χ1) is 19.4. The molecule has 11 heteroatoms. The molecule has 6 rings (SSSR count). The Labute approximate surface area is 242 Å². The lowest BCUT2D eigenvalue weighted by atomic mass is 9.83. The topological polar surface area (TPSA) is 97.9 Å². The van der Waals surface area contributed by atoms with Crippen LogP contribution in [-0.4, -0.2) is 36.3 Å². The Kier molecular flexibility index (Phi) is 7.07. The number of nitrogens with zero attached hydrogens (tertiary/aromatic N) is 1. The van der Waals surface area contributed by atoms with E-state index in [0.29, 0.717) is 39.6 Å². The number of thiazole rings is 1. The van der Waals surface area contributed by atoms with Crippen molar-refractivity contribution in [3.05, 3.63) is 97.4 Å². The number of carbonyl (C=O) groups is 2. The highest BCUT2D eigenvalue weighted by atomic mass is 35.5. The van der Waals surface area contributed by atoms with Gasteiger partial charge < -0.3 is 19.2 Å². The van der Waals surface area contributed by atoms with Crippen LogP contribution in [0.3, 0.4) is 0 Å². The number of H-pyrrole nitrogens is 1. The zero-order chi connectivity index (χ0) is 28.0. The quantitative estimate of drug-likeness (QED) is 0.283. The first kappa shape index (κ1) is 26.5. The van der Waals surface area contributed by atoms with Gasteiger partial charge in [-0.2, -0.15) is 0 Å². The lowest BCUT2D eigenvalue weighted by Crippen LogP contribution is -2.32. The van der Waals surface area contributed by atoms with Crippen molar-refractivity contribution in [1.82, 2.24) is 4.98 Å². The maximum Gasteiger partial charge on any atom is 0.305 e. The lowest BCUT2D eigenvalue weighted by molar-refractivity contribution is -0.122.